The van der Waals surface area contributed by atoms with Gasteiger partial charge in [-0.3, -0.25) is 4.79 Å². The van der Waals surface area contributed by atoms with Gasteiger partial charge in [0.2, 0.25) is 0 Å². The number of anilines is 1. The van der Waals surface area contributed by atoms with Crippen LogP contribution in [-0.2, 0) is 4.79 Å². The van der Waals surface area contributed by atoms with E-state index in [1.165, 1.54) is 4.88 Å². The molecule has 0 aliphatic carbocycles. The van der Waals surface area contributed by atoms with Crippen molar-refractivity contribution < 1.29 is 9.90 Å². The lowest BCUT2D eigenvalue weighted by Crippen LogP contribution is -2.29. The van der Waals surface area contributed by atoms with Crippen LogP contribution in [0.4, 0.5) is 5.69 Å². The molecule has 4 nitrogen and oxygen atoms in total. The number of para-hydroxylation sites is 1. The Morgan fingerprint density at radius 3 is 2.52 bits per heavy atom. The minimum absolute atomic E-state index is 0.109. The molecule has 0 spiro atoms. The zero-order valence-corrected chi connectivity index (χ0v) is 13.4. The monoisotopic (exact) mass is 304 g/mol. The zero-order valence-electron chi connectivity index (χ0n) is 12.5. The molecule has 0 aliphatic heterocycles. The Hall–Kier alpha value is -1.88. The van der Waals surface area contributed by atoms with Crippen molar-refractivity contribution in [2.75, 3.05) is 11.4 Å². The Bertz CT molecular complexity index is 610. The maximum Gasteiger partial charge on any atom is 0.305 e. The van der Waals surface area contributed by atoms with E-state index in [4.69, 9.17) is 5.11 Å². The van der Waals surface area contributed by atoms with Gasteiger partial charge in [-0.1, -0.05) is 18.2 Å². The largest absolute Gasteiger partial charge is 0.481 e. The highest BCUT2D eigenvalue weighted by atomic mass is 32.1. The van der Waals surface area contributed by atoms with Gasteiger partial charge in [0.05, 0.1) is 23.2 Å². The molecule has 5 heteroatoms. The fourth-order valence-corrected chi connectivity index (χ4v) is 3.45. The van der Waals surface area contributed by atoms with Gasteiger partial charge in [-0.25, -0.2) is 4.98 Å². The fraction of sp³-hybridized carbons (Fsp3) is 0.375. The van der Waals surface area contributed by atoms with Crippen molar-refractivity contribution in [3.05, 3.63) is 45.9 Å². The number of hydrogen-bond acceptors (Lipinski definition) is 4. The van der Waals surface area contributed by atoms with Gasteiger partial charge in [0.25, 0.3) is 0 Å². The summed E-state index contributed by atoms with van der Waals surface area (Å²) < 4.78 is 0. The first kappa shape index (κ1) is 15.5. The molecular formula is C16H20N2O2S. The lowest BCUT2D eigenvalue weighted by Gasteiger charge is -2.30. The van der Waals surface area contributed by atoms with Crippen LogP contribution in [0.3, 0.4) is 0 Å². The summed E-state index contributed by atoms with van der Waals surface area (Å²) in [6.45, 7) is 6.60. The van der Waals surface area contributed by atoms with Crippen LogP contribution < -0.4 is 4.90 Å². The standard InChI is InChI=1S/C16H20N2O2S/c1-11-16(21-13(3)17-11)12(2)18(10-9-15(19)20)14-7-5-4-6-8-14/h4-8,12H,9-10H2,1-3H3,(H,19,20). The number of carbonyl (C=O) groups is 1. The second kappa shape index (κ2) is 6.72. The summed E-state index contributed by atoms with van der Waals surface area (Å²) in [6.07, 6.45) is 0.121. The molecule has 0 fully saturated rings. The van der Waals surface area contributed by atoms with E-state index in [-0.39, 0.29) is 12.5 Å². The number of carboxylic acids is 1. The number of rotatable bonds is 6. The van der Waals surface area contributed by atoms with Crippen LogP contribution in [0.5, 0.6) is 0 Å². The summed E-state index contributed by atoms with van der Waals surface area (Å²) >= 11 is 1.68. The Balaban J connectivity index is 2.30. The van der Waals surface area contributed by atoms with Gasteiger partial charge in [-0.2, -0.15) is 0 Å². The first-order valence-corrected chi connectivity index (χ1v) is 7.78. The quantitative estimate of drug-likeness (QED) is 0.882. The highest BCUT2D eigenvalue weighted by Crippen LogP contribution is 2.32. The van der Waals surface area contributed by atoms with Crippen LogP contribution in [0.1, 0.15) is 35.0 Å². The third kappa shape index (κ3) is 3.82. The van der Waals surface area contributed by atoms with Gasteiger partial charge in [0.1, 0.15) is 0 Å². The number of aliphatic carboxylic acids is 1. The number of carboxylic acid groups (broad SMARTS) is 1. The summed E-state index contributed by atoms with van der Waals surface area (Å²) in [4.78, 5) is 18.7. The average molecular weight is 304 g/mol. The molecule has 2 aromatic rings. The second-order valence-electron chi connectivity index (χ2n) is 5.03. The normalized spacial score (nSPS) is 12.1. The van der Waals surface area contributed by atoms with Crippen molar-refractivity contribution in [1.82, 2.24) is 4.98 Å². The molecule has 0 saturated heterocycles. The van der Waals surface area contributed by atoms with Crippen molar-refractivity contribution >= 4 is 23.0 Å². The van der Waals surface area contributed by atoms with Crippen molar-refractivity contribution in [3.63, 3.8) is 0 Å². The minimum Gasteiger partial charge on any atom is -0.481 e. The second-order valence-corrected chi connectivity index (χ2v) is 6.27. The highest BCUT2D eigenvalue weighted by Gasteiger charge is 2.21. The summed E-state index contributed by atoms with van der Waals surface area (Å²) in [6, 6.07) is 10.0. The predicted octanol–water partition coefficient (Wildman–Crippen LogP) is 3.80. The molecule has 0 amide bonds. The first-order valence-electron chi connectivity index (χ1n) is 6.96. The van der Waals surface area contributed by atoms with Crippen LogP contribution in [0.2, 0.25) is 0 Å². The van der Waals surface area contributed by atoms with Gasteiger partial charge in [-0.05, 0) is 32.9 Å². The van der Waals surface area contributed by atoms with Gasteiger partial charge in [-0.15, -0.1) is 11.3 Å². The molecule has 1 heterocycles. The number of aromatic nitrogens is 1. The summed E-state index contributed by atoms with van der Waals surface area (Å²) in [5, 5.41) is 10.0. The average Bonchev–Trinajstić information content (AvgIpc) is 2.78. The Morgan fingerprint density at radius 2 is 2.00 bits per heavy atom. The SMILES string of the molecule is Cc1nc(C)c(C(C)N(CCC(=O)O)c2ccccc2)s1. The number of nitrogens with zero attached hydrogens (tertiary/aromatic N) is 2. The fourth-order valence-electron chi connectivity index (χ4n) is 2.46. The van der Waals surface area contributed by atoms with E-state index in [9.17, 15) is 4.79 Å². The number of hydrogen-bond donors (Lipinski definition) is 1. The maximum absolute atomic E-state index is 10.9. The number of aryl methyl sites for hydroxylation is 2. The van der Waals surface area contributed by atoms with Gasteiger partial charge >= 0.3 is 5.97 Å². The van der Waals surface area contributed by atoms with Crippen LogP contribution >= 0.6 is 11.3 Å². The lowest BCUT2D eigenvalue weighted by molar-refractivity contribution is -0.136. The highest BCUT2D eigenvalue weighted by molar-refractivity contribution is 7.11. The molecular weight excluding hydrogens is 284 g/mol. The lowest BCUT2D eigenvalue weighted by atomic mass is 10.1. The van der Waals surface area contributed by atoms with Gasteiger partial charge in [0, 0.05) is 17.1 Å². The number of thiazole rings is 1. The van der Waals surface area contributed by atoms with Crippen molar-refractivity contribution in [2.45, 2.75) is 33.2 Å². The molecule has 0 bridgehead atoms. The summed E-state index contributed by atoms with van der Waals surface area (Å²) in [5.41, 5.74) is 2.07. The van der Waals surface area contributed by atoms with Crippen LogP contribution in [0, 0.1) is 13.8 Å². The summed E-state index contributed by atoms with van der Waals surface area (Å²) in [5.74, 6) is -0.777. The van der Waals surface area contributed by atoms with E-state index in [2.05, 4.69) is 16.8 Å². The van der Waals surface area contributed by atoms with Crippen LogP contribution in [0.15, 0.2) is 30.3 Å². The molecule has 1 N–H and O–H groups in total. The van der Waals surface area contributed by atoms with E-state index in [1.54, 1.807) is 11.3 Å². The molecule has 1 aromatic carbocycles. The van der Waals surface area contributed by atoms with E-state index in [1.807, 2.05) is 44.2 Å². The van der Waals surface area contributed by atoms with Crippen LogP contribution in [0.25, 0.3) is 0 Å². The third-order valence-electron chi connectivity index (χ3n) is 3.44. The third-order valence-corrected chi connectivity index (χ3v) is 4.68. The van der Waals surface area contributed by atoms with Gasteiger partial charge in [0.15, 0.2) is 0 Å². The van der Waals surface area contributed by atoms with Crippen LogP contribution in [-0.4, -0.2) is 22.6 Å². The maximum atomic E-state index is 10.9. The van der Waals surface area contributed by atoms with Crippen molar-refractivity contribution in [3.8, 4) is 0 Å². The predicted molar refractivity (Wildman–Crippen MR) is 86.0 cm³/mol. The molecule has 1 atom stereocenters. The molecule has 112 valence electrons. The minimum atomic E-state index is -0.777. The Labute approximate surface area is 129 Å². The van der Waals surface area contributed by atoms with Gasteiger partial charge < -0.3 is 10.0 Å². The molecule has 0 saturated carbocycles. The first-order chi connectivity index (χ1) is 9.99. The van der Waals surface area contributed by atoms with Crippen molar-refractivity contribution in [2.24, 2.45) is 0 Å². The number of benzene rings is 1. The molecule has 1 unspecified atom stereocenters. The molecule has 2 rings (SSSR count). The van der Waals surface area contributed by atoms with Crippen molar-refractivity contribution in [1.29, 1.82) is 0 Å². The topological polar surface area (TPSA) is 53.4 Å². The zero-order chi connectivity index (χ0) is 15.4. The van der Waals surface area contributed by atoms with E-state index in [0.29, 0.717) is 6.54 Å². The Morgan fingerprint density at radius 1 is 1.33 bits per heavy atom. The van der Waals surface area contributed by atoms with E-state index in [0.717, 1.165) is 16.4 Å². The molecule has 0 radical (unpaired) electrons. The molecule has 0 aliphatic rings. The van der Waals surface area contributed by atoms with E-state index >= 15 is 0 Å². The summed E-state index contributed by atoms with van der Waals surface area (Å²) in [7, 11) is 0. The van der Waals surface area contributed by atoms with E-state index < -0.39 is 5.97 Å². The molecule has 1 aromatic heterocycles. The Kier molecular flexibility index (Phi) is 4.96. The molecule has 21 heavy (non-hydrogen) atoms. The smallest absolute Gasteiger partial charge is 0.305 e.